The average Bonchev–Trinajstić information content (AvgIpc) is 2.60. The van der Waals surface area contributed by atoms with E-state index in [0.717, 1.165) is 13.1 Å². The number of piperazine rings is 1. The van der Waals surface area contributed by atoms with Crippen molar-refractivity contribution >= 4 is 29.1 Å². The zero-order chi connectivity index (χ0) is 17.3. The van der Waals surface area contributed by atoms with Crippen molar-refractivity contribution in [3.8, 4) is 5.75 Å². The standard InChI is InChI=1S/C17H22ClN3O3/c1-12(18)16(22)21-11-15(24-14-6-4-3-5-13(14)21)17(23)20-9-7-19(2)8-10-20/h3-6,12,15H,7-11H2,1-2H3. The van der Waals surface area contributed by atoms with Crippen molar-refractivity contribution in [3.05, 3.63) is 24.3 Å². The van der Waals surface area contributed by atoms with Gasteiger partial charge in [-0.3, -0.25) is 9.59 Å². The zero-order valence-electron chi connectivity index (χ0n) is 13.9. The van der Waals surface area contributed by atoms with Gasteiger partial charge in [0.05, 0.1) is 12.2 Å². The van der Waals surface area contributed by atoms with Gasteiger partial charge in [-0.05, 0) is 26.1 Å². The summed E-state index contributed by atoms with van der Waals surface area (Å²) in [5.41, 5.74) is 0.664. The van der Waals surface area contributed by atoms with Gasteiger partial charge in [0, 0.05) is 26.2 Å². The molecule has 0 spiro atoms. The number of hydrogen-bond acceptors (Lipinski definition) is 4. The summed E-state index contributed by atoms with van der Waals surface area (Å²) in [6.45, 7) is 4.87. The molecule has 0 saturated carbocycles. The number of carbonyl (C=O) groups excluding carboxylic acids is 2. The van der Waals surface area contributed by atoms with Crippen LogP contribution in [0.25, 0.3) is 0 Å². The molecule has 2 heterocycles. The number of anilines is 1. The maximum Gasteiger partial charge on any atom is 0.265 e. The molecule has 0 N–H and O–H groups in total. The third kappa shape index (κ3) is 3.35. The fourth-order valence-corrected chi connectivity index (χ4v) is 3.13. The van der Waals surface area contributed by atoms with Crippen LogP contribution in [0.2, 0.25) is 0 Å². The number of halogens is 1. The number of alkyl halides is 1. The van der Waals surface area contributed by atoms with Gasteiger partial charge in [-0.1, -0.05) is 12.1 Å². The van der Waals surface area contributed by atoms with Gasteiger partial charge in [0.25, 0.3) is 5.91 Å². The number of fused-ring (bicyclic) bond motifs is 1. The summed E-state index contributed by atoms with van der Waals surface area (Å²) in [7, 11) is 2.04. The Morgan fingerprint density at radius 3 is 2.54 bits per heavy atom. The molecule has 24 heavy (non-hydrogen) atoms. The van der Waals surface area contributed by atoms with Crippen LogP contribution in [-0.2, 0) is 9.59 Å². The number of para-hydroxylation sites is 2. The molecule has 1 aromatic carbocycles. The molecular formula is C17H22ClN3O3. The minimum Gasteiger partial charge on any atom is -0.476 e. The molecule has 0 aliphatic carbocycles. The molecule has 2 atom stereocenters. The van der Waals surface area contributed by atoms with Crippen LogP contribution in [0.1, 0.15) is 6.92 Å². The highest BCUT2D eigenvalue weighted by molar-refractivity contribution is 6.32. The highest BCUT2D eigenvalue weighted by Gasteiger charge is 2.37. The Balaban J connectivity index is 1.81. The Labute approximate surface area is 146 Å². The monoisotopic (exact) mass is 351 g/mol. The number of ether oxygens (including phenoxy) is 1. The third-order valence-corrected chi connectivity index (χ3v) is 4.66. The topological polar surface area (TPSA) is 53.1 Å². The Hall–Kier alpha value is -1.79. The summed E-state index contributed by atoms with van der Waals surface area (Å²) in [4.78, 5) is 30.8. The Bertz CT molecular complexity index is 629. The van der Waals surface area contributed by atoms with E-state index in [4.69, 9.17) is 16.3 Å². The molecule has 0 radical (unpaired) electrons. The van der Waals surface area contributed by atoms with Crippen LogP contribution in [0.4, 0.5) is 5.69 Å². The first-order chi connectivity index (χ1) is 11.5. The summed E-state index contributed by atoms with van der Waals surface area (Å²) < 4.78 is 5.89. The number of rotatable bonds is 2. The van der Waals surface area contributed by atoms with E-state index in [0.29, 0.717) is 24.5 Å². The van der Waals surface area contributed by atoms with Crippen molar-refractivity contribution in [2.75, 3.05) is 44.7 Å². The first-order valence-corrected chi connectivity index (χ1v) is 8.59. The van der Waals surface area contributed by atoms with Crippen LogP contribution in [0.5, 0.6) is 5.75 Å². The minimum absolute atomic E-state index is 0.0716. The highest BCUT2D eigenvalue weighted by Crippen LogP contribution is 2.34. The van der Waals surface area contributed by atoms with E-state index >= 15 is 0 Å². The van der Waals surface area contributed by atoms with E-state index < -0.39 is 11.5 Å². The van der Waals surface area contributed by atoms with Crippen LogP contribution in [0.3, 0.4) is 0 Å². The van der Waals surface area contributed by atoms with Gasteiger partial charge in [-0.25, -0.2) is 0 Å². The van der Waals surface area contributed by atoms with Crippen molar-refractivity contribution in [1.82, 2.24) is 9.80 Å². The molecule has 0 aromatic heterocycles. The number of hydrogen-bond donors (Lipinski definition) is 0. The lowest BCUT2D eigenvalue weighted by atomic mass is 10.1. The Morgan fingerprint density at radius 1 is 1.21 bits per heavy atom. The number of benzene rings is 1. The number of nitrogens with zero attached hydrogens (tertiary/aromatic N) is 3. The van der Waals surface area contributed by atoms with Crippen molar-refractivity contribution in [3.63, 3.8) is 0 Å². The van der Waals surface area contributed by atoms with Crippen molar-refractivity contribution in [2.24, 2.45) is 0 Å². The predicted molar refractivity (Wildman–Crippen MR) is 92.6 cm³/mol. The van der Waals surface area contributed by atoms with E-state index in [-0.39, 0.29) is 18.4 Å². The normalized spacial score (nSPS) is 22.5. The van der Waals surface area contributed by atoms with E-state index in [9.17, 15) is 9.59 Å². The summed E-state index contributed by atoms with van der Waals surface area (Å²) in [6.07, 6.45) is -0.692. The first-order valence-electron chi connectivity index (χ1n) is 8.16. The van der Waals surface area contributed by atoms with Gasteiger partial charge in [0.1, 0.15) is 11.1 Å². The van der Waals surface area contributed by atoms with Crippen molar-refractivity contribution < 1.29 is 14.3 Å². The zero-order valence-corrected chi connectivity index (χ0v) is 14.7. The van der Waals surface area contributed by atoms with Crippen LogP contribution < -0.4 is 9.64 Å². The Kier molecular flexibility index (Phi) is 4.96. The molecular weight excluding hydrogens is 330 g/mol. The molecule has 1 fully saturated rings. The lowest BCUT2D eigenvalue weighted by molar-refractivity contribution is -0.140. The Morgan fingerprint density at radius 2 is 1.88 bits per heavy atom. The second kappa shape index (κ2) is 6.99. The van der Waals surface area contributed by atoms with E-state index in [1.165, 1.54) is 0 Å². The van der Waals surface area contributed by atoms with Gasteiger partial charge >= 0.3 is 0 Å². The molecule has 7 heteroatoms. The first kappa shape index (κ1) is 17.0. The predicted octanol–water partition coefficient (Wildman–Crippen LogP) is 1.18. The smallest absolute Gasteiger partial charge is 0.265 e. The minimum atomic E-state index is -0.692. The van der Waals surface area contributed by atoms with Crippen LogP contribution in [0.15, 0.2) is 24.3 Å². The van der Waals surface area contributed by atoms with E-state index in [1.54, 1.807) is 17.9 Å². The molecule has 130 valence electrons. The highest BCUT2D eigenvalue weighted by atomic mass is 35.5. The molecule has 3 rings (SSSR count). The lowest BCUT2D eigenvalue weighted by Gasteiger charge is -2.39. The molecule has 2 unspecified atom stereocenters. The second-order valence-electron chi connectivity index (χ2n) is 6.27. The maximum absolute atomic E-state index is 12.8. The second-order valence-corrected chi connectivity index (χ2v) is 6.92. The average molecular weight is 352 g/mol. The van der Waals surface area contributed by atoms with Gasteiger partial charge in [-0.15, -0.1) is 11.6 Å². The maximum atomic E-state index is 12.8. The van der Waals surface area contributed by atoms with Gasteiger partial charge in [-0.2, -0.15) is 0 Å². The van der Waals surface area contributed by atoms with Crippen LogP contribution >= 0.6 is 11.6 Å². The molecule has 1 saturated heterocycles. The van der Waals surface area contributed by atoms with Crippen LogP contribution in [0, 0.1) is 0 Å². The van der Waals surface area contributed by atoms with Gasteiger partial charge < -0.3 is 19.4 Å². The number of carbonyl (C=O) groups is 2. The quantitative estimate of drug-likeness (QED) is 0.751. The van der Waals surface area contributed by atoms with Gasteiger partial charge in [0.2, 0.25) is 5.91 Å². The van der Waals surface area contributed by atoms with E-state index in [2.05, 4.69) is 4.90 Å². The number of likely N-dealkylation sites (N-methyl/N-ethyl adjacent to an activating group) is 1. The SMILES string of the molecule is CC(Cl)C(=O)N1CC(C(=O)N2CCN(C)CC2)Oc2ccccc21. The summed E-state index contributed by atoms with van der Waals surface area (Å²) >= 11 is 5.99. The lowest BCUT2D eigenvalue weighted by Crippen LogP contribution is -2.56. The largest absolute Gasteiger partial charge is 0.476 e. The fourth-order valence-electron chi connectivity index (χ4n) is 3.02. The molecule has 2 aliphatic rings. The molecule has 6 nitrogen and oxygen atoms in total. The molecule has 1 aromatic rings. The number of amides is 2. The van der Waals surface area contributed by atoms with Crippen molar-refractivity contribution in [1.29, 1.82) is 0 Å². The van der Waals surface area contributed by atoms with Gasteiger partial charge in [0.15, 0.2) is 6.10 Å². The fraction of sp³-hybridized carbons (Fsp3) is 0.529. The van der Waals surface area contributed by atoms with Crippen LogP contribution in [-0.4, -0.2) is 72.9 Å². The molecule has 0 bridgehead atoms. The summed E-state index contributed by atoms with van der Waals surface area (Å²) in [6, 6.07) is 7.25. The van der Waals surface area contributed by atoms with E-state index in [1.807, 2.05) is 30.1 Å². The van der Waals surface area contributed by atoms with Crippen molar-refractivity contribution in [2.45, 2.75) is 18.4 Å². The summed E-state index contributed by atoms with van der Waals surface area (Å²) in [5.74, 6) is 0.253. The summed E-state index contributed by atoms with van der Waals surface area (Å²) in [5, 5.41) is -0.657. The third-order valence-electron chi connectivity index (χ3n) is 4.47. The molecule has 2 aliphatic heterocycles. The molecule has 2 amide bonds.